The number of rotatable bonds is 1. The van der Waals surface area contributed by atoms with Crippen molar-refractivity contribution >= 4 is 11.6 Å². The van der Waals surface area contributed by atoms with E-state index < -0.39 is 17.0 Å². The summed E-state index contributed by atoms with van der Waals surface area (Å²) in [4.78, 5) is 14.1. The van der Waals surface area contributed by atoms with Crippen LogP contribution < -0.4 is 5.73 Å². The minimum atomic E-state index is -0.550. The number of amides is 1. The lowest BCUT2D eigenvalue weighted by Crippen LogP contribution is -2.58. The van der Waals surface area contributed by atoms with Crippen LogP contribution in [0.3, 0.4) is 0 Å². The predicted molar refractivity (Wildman–Crippen MR) is 76.0 cm³/mol. The van der Waals surface area contributed by atoms with Crippen molar-refractivity contribution in [2.75, 3.05) is 18.8 Å². The maximum absolute atomic E-state index is 13.8. The Kier molecular flexibility index (Phi) is 3.50. The third-order valence-electron chi connectivity index (χ3n) is 3.20. The lowest BCUT2D eigenvalue weighted by Gasteiger charge is -2.47. The molecule has 0 aromatic heterocycles. The van der Waals surface area contributed by atoms with Crippen LogP contribution in [-0.4, -0.2) is 35.1 Å². The number of morpholine rings is 1. The van der Waals surface area contributed by atoms with Crippen molar-refractivity contribution in [2.24, 2.45) is 0 Å². The second-order valence-corrected chi connectivity index (χ2v) is 6.52. The molecule has 2 N–H and O–H groups in total. The molecule has 5 heteroatoms. The number of carbonyl (C=O) groups is 1. The highest BCUT2D eigenvalue weighted by atomic mass is 19.1. The van der Waals surface area contributed by atoms with Crippen LogP contribution in [0.25, 0.3) is 0 Å². The summed E-state index contributed by atoms with van der Waals surface area (Å²) < 4.78 is 19.7. The van der Waals surface area contributed by atoms with Gasteiger partial charge in [-0.3, -0.25) is 4.79 Å². The molecule has 110 valence electrons. The number of hydrogen-bond acceptors (Lipinski definition) is 3. The number of halogens is 1. The summed E-state index contributed by atoms with van der Waals surface area (Å²) in [5.41, 5.74) is 5.10. The zero-order chi connectivity index (χ0) is 15.1. The molecule has 1 fully saturated rings. The smallest absolute Gasteiger partial charge is 0.257 e. The van der Waals surface area contributed by atoms with Gasteiger partial charge in [-0.2, -0.15) is 0 Å². The molecule has 0 aliphatic carbocycles. The van der Waals surface area contributed by atoms with E-state index in [9.17, 15) is 9.18 Å². The topological polar surface area (TPSA) is 55.6 Å². The Labute approximate surface area is 118 Å². The molecule has 1 aliphatic heterocycles. The summed E-state index contributed by atoms with van der Waals surface area (Å²) in [6.45, 7) is 8.52. The van der Waals surface area contributed by atoms with Crippen molar-refractivity contribution in [3.8, 4) is 0 Å². The first kappa shape index (κ1) is 14.8. The van der Waals surface area contributed by atoms with Crippen LogP contribution in [0.5, 0.6) is 0 Å². The van der Waals surface area contributed by atoms with E-state index in [1.165, 1.54) is 18.2 Å². The van der Waals surface area contributed by atoms with Crippen molar-refractivity contribution in [3.63, 3.8) is 0 Å². The van der Waals surface area contributed by atoms with Gasteiger partial charge in [0.05, 0.1) is 16.8 Å². The van der Waals surface area contributed by atoms with Crippen LogP contribution >= 0.6 is 0 Å². The second-order valence-electron chi connectivity index (χ2n) is 6.52. The number of benzene rings is 1. The van der Waals surface area contributed by atoms with Gasteiger partial charge in [-0.15, -0.1) is 0 Å². The predicted octanol–water partition coefficient (Wildman–Crippen LogP) is 2.44. The van der Waals surface area contributed by atoms with Gasteiger partial charge in [0.25, 0.3) is 5.91 Å². The van der Waals surface area contributed by atoms with Gasteiger partial charge in [0.1, 0.15) is 5.82 Å². The van der Waals surface area contributed by atoms with Crippen molar-refractivity contribution in [1.29, 1.82) is 0 Å². The van der Waals surface area contributed by atoms with E-state index in [1.54, 1.807) is 4.90 Å². The fraction of sp³-hybridized carbons (Fsp3) is 0.533. The van der Waals surface area contributed by atoms with Gasteiger partial charge in [0.15, 0.2) is 0 Å². The lowest BCUT2D eigenvalue weighted by atomic mass is 9.98. The van der Waals surface area contributed by atoms with Crippen molar-refractivity contribution in [2.45, 2.75) is 38.9 Å². The first-order valence-electron chi connectivity index (χ1n) is 6.64. The Hall–Kier alpha value is -1.62. The van der Waals surface area contributed by atoms with Crippen LogP contribution in [0.1, 0.15) is 38.1 Å². The molecule has 1 aromatic rings. The summed E-state index contributed by atoms with van der Waals surface area (Å²) in [7, 11) is 0. The van der Waals surface area contributed by atoms with Gasteiger partial charge in [-0.25, -0.2) is 4.39 Å². The fourth-order valence-electron chi connectivity index (χ4n) is 2.81. The number of nitrogens with two attached hydrogens (primary N) is 1. The zero-order valence-electron chi connectivity index (χ0n) is 12.4. The largest absolute Gasteiger partial charge is 0.399 e. The maximum Gasteiger partial charge on any atom is 0.257 e. The highest BCUT2D eigenvalue weighted by Gasteiger charge is 2.40. The molecule has 0 spiro atoms. The summed E-state index contributed by atoms with van der Waals surface area (Å²) >= 11 is 0. The Balaban J connectivity index is 2.31. The normalized spacial score (nSPS) is 20.8. The number of nitrogen functional groups attached to an aromatic ring is 1. The average molecular weight is 280 g/mol. The van der Waals surface area contributed by atoms with E-state index in [2.05, 4.69) is 0 Å². The molecule has 0 radical (unpaired) electrons. The van der Waals surface area contributed by atoms with Crippen molar-refractivity contribution in [1.82, 2.24) is 4.90 Å². The molecule has 1 amide bonds. The molecule has 0 atom stereocenters. The number of hydrogen-bond donors (Lipinski definition) is 1. The molecule has 0 unspecified atom stereocenters. The van der Waals surface area contributed by atoms with Crippen molar-refractivity contribution in [3.05, 3.63) is 29.6 Å². The van der Waals surface area contributed by atoms with Crippen LogP contribution in [0.15, 0.2) is 18.2 Å². The number of carbonyl (C=O) groups excluding carboxylic acids is 1. The maximum atomic E-state index is 13.8. The molecule has 1 heterocycles. The number of ether oxygens (including phenoxy) is 1. The summed E-state index contributed by atoms with van der Waals surface area (Å²) in [5.74, 6) is -0.898. The van der Waals surface area contributed by atoms with Gasteiger partial charge >= 0.3 is 0 Å². The summed E-state index contributed by atoms with van der Waals surface area (Å²) in [5, 5.41) is 0. The molecule has 1 aliphatic rings. The molecule has 4 nitrogen and oxygen atoms in total. The van der Waals surface area contributed by atoms with Crippen LogP contribution in [0.2, 0.25) is 0 Å². The van der Waals surface area contributed by atoms with Crippen LogP contribution in [0.4, 0.5) is 10.1 Å². The minimum Gasteiger partial charge on any atom is -0.399 e. The third kappa shape index (κ3) is 3.10. The number of nitrogens with zero attached hydrogens (tertiary/aromatic N) is 1. The van der Waals surface area contributed by atoms with Gasteiger partial charge in [-0.1, -0.05) is 0 Å². The SMILES string of the molecule is CC1(C)CN(C(=O)c2cc(N)ccc2F)CC(C)(C)O1. The molecule has 0 bridgehead atoms. The molecular formula is C15H21FN2O2. The molecule has 20 heavy (non-hydrogen) atoms. The highest BCUT2D eigenvalue weighted by molar-refractivity contribution is 5.95. The van der Waals surface area contributed by atoms with E-state index >= 15 is 0 Å². The first-order valence-corrected chi connectivity index (χ1v) is 6.64. The second kappa shape index (κ2) is 4.74. The highest BCUT2D eigenvalue weighted by Crippen LogP contribution is 2.29. The fourth-order valence-corrected chi connectivity index (χ4v) is 2.81. The minimum absolute atomic E-state index is 0.0125. The Morgan fingerprint density at radius 2 is 1.80 bits per heavy atom. The van der Waals surface area contributed by atoms with E-state index in [-0.39, 0.29) is 11.5 Å². The molecule has 2 rings (SSSR count). The monoisotopic (exact) mass is 280 g/mol. The first-order chi connectivity index (χ1) is 9.10. The lowest BCUT2D eigenvalue weighted by molar-refractivity contribution is -0.171. The van der Waals surface area contributed by atoms with Crippen LogP contribution in [-0.2, 0) is 4.74 Å². The third-order valence-corrected chi connectivity index (χ3v) is 3.20. The molecule has 0 saturated carbocycles. The van der Waals surface area contributed by atoms with E-state index in [0.717, 1.165) is 0 Å². The summed E-state index contributed by atoms with van der Waals surface area (Å²) in [6, 6.07) is 4.05. The van der Waals surface area contributed by atoms with Gasteiger partial charge in [-0.05, 0) is 45.9 Å². The number of anilines is 1. The van der Waals surface area contributed by atoms with Gasteiger partial charge in [0, 0.05) is 18.8 Å². The molecule has 1 aromatic carbocycles. The molecule has 1 saturated heterocycles. The van der Waals surface area contributed by atoms with E-state index in [0.29, 0.717) is 18.8 Å². The van der Waals surface area contributed by atoms with Crippen LogP contribution in [0, 0.1) is 5.82 Å². The zero-order valence-corrected chi connectivity index (χ0v) is 12.4. The Morgan fingerprint density at radius 3 is 2.35 bits per heavy atom. The van der Waals surface area contributed by atoms with Gasteiger partial charge < -0.3 is 15.4 Å². The Morgan fingerprint density at radius 1 is 1.25 bits per heavy atom. The molecular weight excluding hydrogens is 259 g/mol. The summed E-state index contributed by atoms with van der Waals surface area (Å²) in [6.07, 6.45) is 0. The van der Waals surface area contributed by atoms with Crippen molar-refractivity contribution < 1.29 is 13.9 Å². The average Bonchev–Trinajstić information content (AvgIpc) is 2.27. The Bertz CT molecular complexity index is 525. The van der Waals surface area contributed by atoms with Gasteiger partial charge in [0.2, 0.25) is 0 Å². The standard InChI is InChI=1S/C15H21FN2O2/c1-14(2)8-18(9-15(3,4)20-14)13(19)11-7-10(17)5-6-12(11)16/h5-7H,8-9,17H2,1-4H3. The quantitative estimate of drug-likeness (QED) is 0.804. The van der Waals surface area contributed by atoms with E-state index in [4.69, 9.17) is 10.5 Å². The van der Waals surface area contributed by atoms with E-state index in [1.807, 2.05) is 27.7 Å².